The van der Waals surface area contributed by atoms with Gasteiger partial charge in [-0.05, 0) is 24.7 Å². The van der Waals surface area contributed by atoms with Gasteiger partial charge in [-0.1, -0.05) is 57.5 Å². The van der Waals surface area contributed by atoms with E-state index in [9.17, 15) is 9.59 Å². The summed E-state index contributed by atoms with van der Waals surface area (Å²) in [6.07, 6.45) is 4.03. The first-order valence-corrected chi connectivity index (χ1v) is 9.86. The number of ether oxygens (including phenoxy) is 1. The van der Waals surface area contributed by atoms with Crippen LogP contribution in [0.25, 0.3) is 11.4 Å². The Morgan fingerprint density at radius 2 is 1.86 bits per heavy atom. The molecule has 0 aliphatic carbocycles. The molecule has 1 aromatic carbocycles. The van der Waals surface area contributed by atoms with E-state index >= 15 is 0 Å². The van der Waals surface area contributed by atoms with Crippen LogP contribution in [0.5, 0.6) is 0 Å². The molecule has 1 N–H and O–H groups in total. The van der Waals surface area contributed by atoms with Crippen LogP contribution in [0.15, 0.2) is 30.3 Å². The third kappa shape index (κ3) is 4.11. The van der Waals surface area contributed by atoms with Crippen LogP contribution in [0.3, 0.4) is 0 Å². The second-order valence-electron chi connectivity index (χ2n) is 8.35. The van der Waals surface area contributed by atoms with Gasteiger partial charge in [0.2, 0.25) is 0 Å². The summed E-state index contributed by atoms with van der Waals surface area (Å²) in [6, 6.07) is 9.19. The largest absolute Gasteiger partial charge is 0.467 e. The number of aromatic nitrogens is 2. The molecule has 1 amide bonds. The van der Waals surface area contributed by atoms with E-state index in [4.69, 9.17) is 9.72 Å². The van der Waals surface area contributed by atoms with Crippen molar-refractivity contribution in [2.75, 3.05) is 7.11 Å². The van der Waals surface area contributed by atoms with Crippen LogP contribution in [0.2, 0.25) is 0 Å². The maximum absolute atomic E-state index is 13.2. The molecule has 2 heterocycles. The SMILES string of the molecule is COC(=O)C(NC(=O)c1nc(-c2ccccc2)n2c1CCCCC2)C(C)(C)C. The quantitative estimate of drug-likeness (QED) is 0.819. The number of methoxy groups -OCH3 is 1. The highest BCUT2D eigenvalue weighted by Gasteiger charge is 2.35. The van der Waals surface area contributed by atoms with Gasteiger partial charge in [0.05, 0.1) is 12.8 Å². The van der Waals surface area contributed by atoms with Crippen molar-refractivity contribution in [2.24, 2.45) is 5.41 Å². The summed E-state index contributed by atoms with van der Waals surface area (Å²) in [4.78, 5) is 30.1. The van der Waals surface area contributed by atoms with Crippen LogP contribution in [-0.4, -0.2) is 34.6 Å². The first-order valence-electron chi connectivity index (χ1n) is 9.86. The highest BCUT2D eigenvalue weighted by Crippen LogP contribution is 2.28. The Kier molecular flexibility index (Phi) is 5.87. The van der Waals surface area contributed by atoms with Crippen molar-refractivity contribution in [3.8, 4) is 11.4 Å². The predicted octanol–water partition coefficient (Wildman–Crippen LogP) is 3.59. The van der Waals surface area contributed by atoms with E-state index in [-0.39, 0.29) is 5.91 Å². The van der Waals surface area contributed by atoms with Gasteiger partial charge in [0, 0.05) is 12.1 Å². The molecule has 1 unspecified atom stereocenters. The highest BCUT2D eigenvalue weighted by molar-refractivity contribution is 5.97. The third-order valence-electron chi connectivity index (χ3n) is 5.19. The number of nitrogens with zero attached hydrogens (tertiary/aromatic N) is 2. The molecule has 6 heteroatoms. The molecular formula is C22H29N3O3. The first-order chi connectivity index (χ1) is 13.3. The molecule has 150 valence electrons. The molecule has 0 radical (unpaired) electrons. The van der Waals surface area contributed by atoms with Crippen LogP contribution in [0.4, 0.5) is 0 Å². The number of nitrogens with one attached hydrogen (secondary N) is 1. The normalized spacial score (nSPS) is 15.3. The lowest BCUT2D eigenvalue weighted by molar-refractivity contribution is -0.145. The average Bonchev–Trinajstić information content (AvgIpc) is 2.86. The molecule has 0 bridgehead atoms. The van der Waals surface area contributed by atoms with Crippen LogP contribution in [-0.2, 0) is 22.5 Å². The standard InChI is InChI=1S/C22H29N3O3/c1-22(2,3)18(21(27)28-4)24-20(26)17-16-13-9-6-10-14-25(16)19(23-17)15-11-7-5-8-12-15/h5,7-8,11-12,18H,6,9-10,13-14H2,1-4H3,(H,24,26). The summed E-state index contributed by atoms with van der Waals surface area (Å²) in [5, 5.41) is 2.87. The minimum Gasteiger partial charge on any atom is -0.467 e. The topological polar surface area (TPSA) is 73.2 Å². The summed E-state index contributed by atoms with van der Waals surface area (Å²) in [5.74, 6) is 0.0422. The predicted molar refractivity (Wildman–Crippen MR) is 108 cm³/mol. The van der Waals surface area contributed by atoms with Gasteiger partial charge in [-0.3, -0.25) is 4.79 Å². The van der Waals surface area contributed by atoms with Crippen molar-refractivity contribution in [1.29, 1.82) is 0 Å². The molecule has 1 atom stereocenters. The second-order valence-corrected chi connectivity index (χ2v) is 8.35. The van der Waals surface area contributed by atoms with E-state index in [0.717, 1.165) is 49.3 Å². The molecule has 6 nitrogen and oxygen atoms in total. The lowest BCUT2D eigenvalue weighted by atomic mass is 9.86. The van der Waals surface area contributed by atoms with Crippen LogP contribution < -0.4 is 5.32 Å². The summed E-state index contributed by atoms with van der Waals surface area (Å²) in [5.41, 5.74) is 1.89. The monoisotopic (exact) mass is 383 g/mol. The van der Waals surface area contributed by atoms with Gasteiger partial charge in [0.25, 0.3) is 5.91 Å². The maximum atomic E-state index is 13.2. The number of rotatable bonds is 4. The van der Waals surface area contributed by atoms with E-state index in [1.54, 1.807) is 0 Å². The number of amides is 1. The van der Waals surface area contributed by atoms with E-state index in [1.807, 2.05) is 51.1 Å². The summed E-state index contributed by atoms with van der Waals surface area (Å²) >= 11 is 0. The summed E-state index contributed by atoms with van der Waals surface area (Å²) in [7, 11) is 1.34. The minimum absolute atomic E-state index is 0.321. The molecule has 28 heavy (non-hydrogen) atoms. The van der Waals surface area contributed by atoms with Crippen LogP contribution >= 0.6 is 0 Å². The van der Waals surface area contributed by atoms with Gasteiger partial charge in [-0.25, -0.2) is 9.78 Å². The van der Waals surface area contributed by atoms with Gasteiger partial charge < -0.3 is 14.6 Å². The third-order valence-corrected chi connectivity index (χ3v) is 5.19. The fourth-order valence-corrected chi connectivity index (χ4v) is 3.66. The van der Waals surface area contributed by atoms with E-state index in [0.29, 0.717) is 5.69 Å². The van der Waals surface area contributed by atoms with Gasteiger partial charge in [-0.15, -0.1) is 0 Å². The van der Waals surface area contributed by atoms with Crippen molar-refractivity contribution in [1.82, 2.24) is 14.9 Å². The van der Waals surface area contributed by atoms with Crippen LogP contribution in [0, 0.1) is 5.41 Å². The number of carbonyl (C=O) groups is 2. The minimum atomic E-state index is -0.742. The number of esters is 1. The van der Waals surface area contributed by atoms with E-state index < -0.39 is 17.4 Å². The Morgan fingerprint density at radius 1 is 1.14 bits per heavy atom. The molecular weight excluding hydrogens is 354 g/mol. The van der Waals surface area contributed by atoms with Crippen molar-refractivity contribution in [3.63, 3.8) is 0 Å². The van der Waals surface area contributed by atoms with Gasteiger partial charge in [0.15, 0.2) is 0 Å². The molecule has 3 rings (SSSR count). The van der Waals surface area contributed by atoms with E-state index in [1.165, 1.54) is 7.11 Å². The zero-order chi connectivity index (χ0) is 20.3. The number of hydrogen-bond donors (Lipinski definition) is 1. The Bertz CT molecular complexity index is 850. The maximum Gasteiger partial charge on any atom is 0.328 e. The Labute approximate surface area is 166 Å². The van der Waals surface area contributed by atoms with Gasteiger partial charge >= 0.3 is 5.97 Å². The number of carbonyl (C=O) groups excluding carboxylic acids is 2. The fourth-order valence-electron chi connectivity index (χ4n) is 3.66. The summed E-state index contributed by atoms with van der Waals surface area (Å²) < 4.78 is 7.07. The van der Waals surface area contributed by atoms with Gasteiger partial charge in [0.1, 0.15) is 17.6 Å². The molecule has 1 aliphatic heterocycles. The lowest BCUT2D eigenvalue weighted by Crippen LogP contribution is -2.49. The number of imidazole rings is 1. The zero-order valence-electron chi connectivity index (χ0n) is 17.1. The van der Waals surface area contributed by atoms with Gasteiger partial charge in [-0.2, -0.15) is 0 Å². The van der Waals surface area contributed by atoms with Crippen molar-refractivity contribution < 1.29 is 14.3 Å². The fraction of sp³-hybridized carbons (Fsp3) is 0.500. The lowest BCUT2D eigenvalue weighted by Gasteiger charge is -2.28. The van der Waals surface area contributed by atoms with Crippen LogP contribution in [0.1, 0.15) is 56.2 Å². The average molecular weight is 383 g/mol. The van der Waals surface area contributed by atoms with E-state index in [2.05, 4.69) is 9.88 Å². The molecule has 0 saturated heterocycles. The molecule has 0 spiro atoms. The number of fused-ring (bicyclic) bond motifs is 1. The number of hydrogen-bond acceptors (Lipinski definition) is 4. The molecule has 1 aliphatic rings. The van der Waals surface area contributed by atoms with Crippen molar-refractivity contribution in [3.05, 3.63) is 41.7 Å². The zero-order valence-corrected chi connectivity index (χ0v) is 17.1. The molecule has 1 aromatic heterocycles. The van der Waals surface area contributed by atoms with Crippen molar-refractivity contribution >= 4 is 11.9 Å². The molecule has 2 aromatic rings. The smallest absolute Gasteiger partial charge is 0.328 e. The Balaban J connectivity index is 2.00. The molecule has 0 fully saturated rings. The summed E-state index contributed by atoms with van der Waals surface area (Å²) in [6.45, 7) is 6.55. The highest BCUT2D eigenvalue weighted by atomic mass is 16.5. The molecule has 0 saturated carbocycles. The Morgan fingerprint density at radius 3 is 2.50 bits per heavy atom. The number of benzene rings is 1. The first kappa shape index (κ1) is 20.1. The Hall–Kier alpha value is -2.63. The van der Waals surface area contributed by atoms with Crippen molar-refractivity contribution in [2.45, 2.75) is 59.0 Å². The second kappa shape index (κ2) is 8.17.